The molecule has 1 amide bonds. The molecular formula is C27H24ClN3O2. The fourth-order valence-corrected chi connectivity index (χ4v) is 4.16. The quantitative estimate of drug-likeness (QED) is 0.400. The molecule has 5 nitrogen and oxygen atoms in total. The number of aromatic nitrogens is 2. The van der Waals surface area contributed by atoms with Crippen molar-refractivity contribution in [2.24, 2.45) is 0 Å². The summed E-state index contributed by atoms with van der Waals surface area (Å²) in [4.78, 5) is 31.0. The Labute approximate surface area is 197 Å². The van der Waals surface area contributed by atoms with Crippen LogP contribution in [0.15, 0.2) is 77.9 Å². The molecule has 0 bridgehead atoms. The zero-order valence-corrected chi connectivity index (χ0v) is 19.5. The number of nitrogens with one attached hydrogen (secondary N) is 1. The molecule has 2 aromatic carbocycles. The predicted molar refractivity (Wildman–Crippen MR) is 134 cm³/mol. The second kappa shape index (κ2) is 9.43. The van der Waals surface area contributed by atoms with Crippen LogP contribution in [0.5, 0.6) is 0 Å². The number of hydrogen-bond donors (Lipinski definition) is 1. The van der Waals surface area contributed by atoms with Crippen LogP contribution < -0.4 is 10.7 Å². The maximum atomic E-state index is 13.6. The van der Waals surface area contributed by atoms with Gasteiger partial charge in [-0.1, -0.05) is 36.7 Å². The van der Waals surface area contributed by atoms with Crippen LogP contribution in [0.3, 0.4) is 0 Å². The summed E-state index contributed by atoms with van der Waals surface area (Å²) in [7, 11) is 0. The van der Waals surface area contributed by atoms with E-state index in [4.69, 9.17) is 11.6 Å². The van der Waals surface area contributed by atoms with Crippen molar-refractivity contribution < 1.29 is 4.79 Å². The van der Waals surface area contributed by atoms with E-state index in [1.807, 2.05) is 55.7 Å². The number of rotatable bonds is 5. The molecule has 0 radical (unpaired) electrons. The van der Waals surface area contributed by atoms with Crippen molar-refractivity contribution in [2.45, 2.75) is 27.2 Å². The Bertz CT molecular complexity index is 1380. The lowest BCUT2D eigenvalue weighted by atomic mass is 10.0. The van der Waals surface area contributed by atoms with Gasteiger partial charge in [-0.15, -0.1) is 0 Å². The van der Waals surface area contributed by atoms with Crippen molar-refractivity contribution >= 4 is 23.2 Å². The van der Waals surface area contributed by atoms with Gasteiger partial charge in [-0.25, -0.2) is 0 Å². The number of amides is 1. The van der Waals surface area contributed by atoms with E-state index in [0.717, 1.165) is 28.9 Å². The SMILES string of the molecule is CCc1cccc(C)c1NC(=O)c1c(-c2ccncc2)n(-c2ccc(Cl)cc2)c(C)cc1=O. The molecule has 6 heteroatoms. The van der Waals surface area contributed by atoms with Gasteiger partial charge in [0.1, 0.15) is 5.56 Å². The number of hydrogen-bond acceptors (Lipinski definition) is 3. The summed E-state index contributed by atoms with van der Waals surface area (Å²) in [6, 6.07) is 18.3. The number of para-hydroxylation sites is 1. The maximum absolute atomic E-state index is 13.6. The standard InChI is InChI=1S/C27H24ClN3O2/c1-4-19-7-5-6-17(2)25(19)30-27(33)24-23(32)16-18(3)31(22-10-8-21(28)9-11-22)26(24)20-12-14-29-15-13-20/h5-16H,4H2,1-3H3,(H,30,33). The topological polar surface area (TPSA) is 64.0 Å². The third-order valence-electron chi connectivity index (χ3n) is 5.64. The first-order valence-electron chi connectivity index (χ1n) is 10.7. The molecule has 0 aliphatic carbocycles. The molecular weight excluding hydrogens is 434 g/mol. The fourth-order valence-electron chi connectivity index (χ4n) is 4.03. The van der Waals surface area contributed by atoms with Crippen LogP contribution in [0, 0.1) is 13.8 Å². The van der Waals surface area contributed by atoms with Crippen LogP contribution in [0.1, 0.15) is 34.1 Å². The smallest absolute Gasteiger partial charge is 0.261 e. The Kier molecular flexibility index (Phi) is 6.43. The second-order valence-corrected chi connectivity index (χ2v) is 8.27. The molecule has 0 saturated heterocycles. The predicted octanol–water partition coefficient (Wildman–Crippen LogP) is 5.98. The van der Waals surface area contributed by atoms with E-state index in [0.29, 0.717) is 22.0 Å². The van der Waals surface area contributed by atoms with Gasteiger partial charge in [0, 0.05) is 46.1 Å². The molecule has 0 aliphatic heterocycles. The van der Waals surface area contributed by atoms with Gasteiger partial charge in [0.25, 0.3) is 5.91 Å². The zero-order valence-electron chi connectivity index (χ0n) is 18.7. The number of anilines is 1. The van der Waals surface area contributed by atoms with Crippen molar-refractivity contribution in [3.8, 4) is 16.9 Å². The molecule has 33 heavy (non-hydrogen) atoms. The molecule has 2 aromatic heterocycles. The number of carbonyl (C=O) groups is 1. The van der Waals surface area contributed by atoms with Crippen molar-refractivity contribution in [3.05, 3.63) is 111 Å². The number of pyridine rings is 2. The number of benzene rings is 2. The highest BCUT2D eigenvalue weighted by Crippen LogP contribution is 2.29. The van der Waals surface area contributed by atoms with Gasteiger partial charge in [-0.05, 0) is 67.8 Å². The average molecular weight is 458 g/mol. The highest BCUT2D eigenvalue weighted by atomic mass is 35.5. The molecule has 0 spiro atoms. The summed E-state index contributed by atoms with van der Waals surface area (Å²) in [5.74, 6) is -0.446. The van der Waals surface area contributed by atoms with Gasteiger partial charge in [-0.2, -0.15) is 0 Å². The lowest BCUT2D eigenvalue weighted by Gasteiger charge is -2.21. The van der Waals surface area contributed by atoms with Gasteiger partial charge in [0.15, 0.2) is 5.43 Å². The second-order valence-electron chi connectivity index (χ2n) is 7.84. The minimum atomic E-state index is -0.446. The normalized spacial score (nSPS) is 10.8. The Morgan fingerprint density at radius 1 is 1.03 bits per heavy atom. The van der Waals surface area contributed by atoms with Gasteiger partial charge in [0.05, 0.1) is 5.69 Å². The van der Waals surface area contributed by atoms with E-state index < -0.39 is 5.91 Å². The Hall–Kier alpha value is -3.70. The Balaban J connectivity index is 1.97. The first-order chi connectivity index (χ1) is 15.9. The summed E-state index contributed by atoms with van der Waals surface area (Å²) >= 11 is 6.10. The third kappa shape index (κ3) is 4.45. The number of nitrogens with zero attached hydrogens (tertiary/aromatic N) is 2. The molecule has 0 aliphatic rings. The van der Waals surface area contributed by atoms with E-state index in [1.165, 1.54) is 6.07 Å². The summed E-state index contributed by atoms with van der Waals surface area (Å²) in [5, 5.41) is 3.62. The van der Waals surface area contributed by atoms with Crippen LogP contribution in [0.2, 0.25) is 5.02 Å². The van der Waals surface area contributed by atoms with Gasteiger partial charge in [-0.3, -0.25) is 14.6 Å². The number of carbonyl (C=O) groups excluding carboxylic acids is 1. The Morgan fingerprint density at radius 2 is 1.73 bits per heavy atom. The highest BCUT2D eigenvalue weighted by molar-refractivity contribution is 6.30. The third-order valence-corrected chi connectivity index (χ3v) is 5.90. The van der Waals surface area contributed by atoms with E-state index in [-0.39, 0.29) is 11.0 Å². The molecule has 0 unspecified atom stereocenters. The van der Waals surface area contributed by atoms with Crippen molar-refractivity contribution in [3.63, 3.8) is 0 Å². The van der Waals surface area contributed by atoms with E-state index in [1.54, 1.807) is 36.7 Å². The van der Waals surface area contributed by atoms with E-state index in [2.05, 4.69) is 10.3 Å². The van der Waals surface area contributed by atoms with Crippen LogP contribution in [-0.2, 0) is 6.42 Å². The fraction of sp³-hybridized carbons (Fsp3) is 0.148. The van der Waals surface area contributed by atoms with E-state index in [9.17, 15) is 9.59 Å². The van der Waals surface area contributed by atoms with Crippen molar-refractivity contribution in [1.29, 1.82) is 0 Å². The van der Waals surface area contributed by atoms with Crippen LogP contribution in [0.25, 0.3) is 16.9 Å². The molecule has 4 aromatic rings. The maximum Gasteiger partial charge on any atom is 0.261 e. The van der Waals surface area contributed by atoms with Crippen molar-refractivity contribution in [2.75, 3.05) is 5.32 Å². The molecule has 0 fully saturated rings. The van der Waals surface area contributed by atoms with Crippen LogP contribution in [0.4, 0.5) is 5.69 Å². The number of halogens is 1. The average Bonchev–Trinajstić information content (AvgIpc) is 2.81. The summed E-state index contributed by atoms with van der Waals surface area (Å²) in [5.41, 5.74) is 5.15. The highest BCUT2D eigenvalue weighted by Gasteiger charge is 2.23. The lowest BCUT2D eigenvalue weighted by Crippen LogP contribution is -2.27. The van der Waals surface area contributed by atoms with Gasteiger partial charge >= 0.3 is 0 Å². The zero-order chi connectivity index (χ0) is 23.5. The summed E-state index contributed by atoms with van der Waals surface area (Å²) < 4.78 is 1.90. The largest absolute Gasteiger partial charge is 0.321 e. The lowest BCUT2D eigenvalue weighted by molar-refractivity contribution is 0.102. The summed E-state index contributed by atoms with van der Waals surface area (Å²) in [6.07, 6.45) is 4.05. The minimum absolute atomic E-state index is 0.0760. The van der Waals surface area contributed by atoms with Crippen LogP contribution in [-0.4, -0.2) is 15.5 Å². The minimum Gasteiger partial charge on any atom is -0.321 e. The molecule has 166 valence electrons. The molecule has 4 rings (SSSR count). The first-order valence-corrected chi connectivity index (χ1v) is 11.1. The van der Waals surface area contributed by atoms with Crippen molar-refractivity contribution in [1.82, 2.24) is 9.55 Å². The molecule has 0 saturated carbocycles. The monoisotopic (exact) mass is 457 g/mol. The van der Waals surface area contributed by atoms with Gasteiger partial charge < -0.3 is 9.88 Å². The first kappa shape index (κ1) is 22.5. The molecule has 1 N–H and O–H groups in total. The van der Waals surface area contributed by atoms with E-state index >= 15 is 0 Å². The summed E-state index contributed by atoms with van der Waals surface area (Å²) in [6.45, 7) is 5.82. The molecule has 0 atom stereocenters. The van der Waals surface area contributed by atoms with Gasteiger partial charge in [0.2, 0.25) is 0 Å². The number of aryl methyl sites for hydroxylation is 3. The Morgan fingerprint density at radius 3 is 2.39 bits per heavy atom. The van der Waals surface area contributed by atoms with Crippen LogP contribution >= 0.6 is 11.6 Å². The molecule has 2 heterocycles.